The number of nitrogens with one attached hydrogen (secondary N) is 3. The lowest BCUT2D eigenvalue weighted by Gasteiger charge is -2.09. The Morgan fingerprint density at radius 1 is 0.893 bits per heavy atom. The molecule has 0 fully saturated rings. The predicted octanol–water partition coefficient (Wildman–Crippen LogP) is 5.13. The zero-order chi connectivity index (χ0) is 19.3. The maximum absolute atomic E-state index is 13.6. The Hall–Kier alpha value is -3.67. The number of halogens is 1. The van der Waals surface area contributed by atoms with Crippen molar-refractivity contribution in [2.45, 2.75) is 12.8 Å². The molecule has 140 valence electrons. The SMILES string of the molecule is O=C(Nc1ccc(CCc2nc3ccccc3[nH]2)cc1)Nc1ccccc1F. The molecular weight excluding hydrogens is 355 g/mol. The summed E-state index contributed by atoms with van der Waals surface area (Å²) in [6.45, 7) is 0. The monoisotopic (exact) mass is 374 g/mol. The average molecular weight is 374 g/mol. The third-order valence-corrected chi connectivity index (χ3v) is 4.42. The number of amides is 2. The number of hydrogen-bond acceptors (Lipinski definition) is 2. The van der Waals surface area contributed by atoms with Gasteiger partial charge in [0.25, 0.3) is 0 Å². The molecule has 3 N–H and O–H groups in total. The topological polar surface area (TPSA) is 69.8 Å². The fraction of sp³-hybridized carbons (Fsp3) is 0.0909. The summed E-state index contributed by atoms with van der Waals surface area (Å²) >= 11 is 0. The van der Waals surface area contributed by atoms with E-state index in [0.717, 1.165) is 35.3 Å². The molecule has 0 aliphatic rings. The maximum Gasteiger partial charge on any atom is 0.323 e. The van der Waals surface area contributed by atoms with Crippen molar-refractivity contribution in [1.82, 2.24) is 9.97 Å². The van der Waals surface area contributed by atoms with E-state index in [1.807, 2.05) is 48.5 Å². The van der Waals surface area contributed by atoms with Gasteiger partial charge in [-0.05, 0) is 48.4 Å². The first-order chi connectivity index (χ1) is 13.7. The van der Waals surface area contributed by atoms with E-state index in [1.54, 1.807) is 12.1 Å². The first-order valence-electron chi connectivity index (χ1n) is 9.02. The molecule has 0 spiro atoms. The van der Waals surface area contributed by atoms with Gasteiger partial charge < -0.3 is 15.6 Å². The van der Waals surface area contributed by atoms with Crippen LogP contribution in [0.3, 0.4) is 0 Å². The highest BCUT2D eigenvalue weighted by molar-refractivity contribution is 5.99. The molecular formula is C22H19FN4O. The summed E-state index contributed by atoms with van der Waals surface area (Å²) in [6.07, 6.45) is 1.64. The normalized spacial score (nSPS) is 10.8. The minimum atomic E-state index is -0.486. The Morgan fingerprint density at radius 3 is 2.43 bits per heavy atom. The van der Waals surface area contributed by atoms with Crippen molar-refractivity contribution in [2.75, 3.05) is 10.6 Å². The summed E-state index contributed by atoms with van der Waals surface area (Å²) in [5.74, 6) is 0.478. The van der Waals surface area contributed by atoms with E-state index >= 15 is 0 Å². The van der Waals surface area contributed by atoms with Crippen LogP contribution in [0.2, 0.25) is 0 Å². The second-order valence-corrected chi connectivity index (χ2v) is 6.46. The molecule has 0 aliphatic carbocycles. The third-order valence-electron chi connectivity index (χ3n) is 4.42. The number of benzene rings is 3. The van der Waals surface area contributed by atoms with Gasteiger partial charge in [0.15, 0.2) is 0 Å². The Bertz CT molecular complexity index is 1070. The summed E-state index contributed by atoms with van der Waals surface area (Å²) in [6, 6.07) is 21.1. The average Bonchev–Trinajstić information content (AvgIpc) is 3.12. The zero-order valence-corrected chi connectivity index (χ0v) is 15.1. The van der Waals surface area contributed by atoms with Gasteiger partial charge in [-0.1, -0.05) is 36.4 Å². The highest BCUT2D eigenvalue weighted by atomic mass is 19.1. The van der Waals surface area contributed by atoms with E-state index in [4.69, 9.17) is 0 Å². The highest BCUT2D eigenvalue weighted by Crippen LogP contribution is 2.16. The van der Waals surface area contributed by atoms with Crippen LogP contribution in [0.4, 0.5) is 20.6 Å². The van der Waals surface area contributed by atoms with Crippen LogP contribution in [0, 0.1) is 5.82 Å². The van der Waals surface area contributed by atoms with Crippen molar-refractivity contribution >= 4 is 28.4 Å². The number of H-pyrrole nitrogens is 1. The molecule has 4 rings (SSSR count). The Balaban J connectivity index is 1.33. The number of imidazole rings is 1. The van der Waals surface area contributed by atoms with E-state index in [-0.39, 0.29) is 5.69 Å². The predicted molar refractivity (Wildman–Crippen MR) is 109 cm³/mol. The number of anilines is 2. The van der Waals surface area contributed by atoms with Crippen LogP contribution in [0.25, 0.3) is 11.0 Å². The van der Waals surface area contributed by atoms with Gasteiger partial charge in [-0.3, -0.25) is 0 Å². The molecule has 3 aromatic carbocycles. The molecule has 4 aromatic rings. The van der Waals surface area contributed by atoms with Crippen LogP contribution < -0.4 is 10.6 Å². The zero-order valence-electron chi connectivity index (χ0n) is 15.1. The van der Waals surface area contributed by atoms with Crippen molar-refractivity contribution in [1.29, 1.82) is 0 Å². The van der Waals surface area contributed by atoms with Gasteiger partial charge in [-0.2, -0.15) is 0 Å². The number of urea groups is 1. The van der Waals surface area contributed by atoms with Crippen LogP contribution >= 0.6 is 0 Å². The third kappa shape index (κ3) is 4.17. The molecule has 1 heterocycles. The lowest BCUT2D eigenvalue weighted by molar-refractivity contribution is 0.262. The molecule has 0 radical (unpaired) electrons. The Morgan fingerprint density at radius 2 is 1.64 bits per heavy atom. The number of fused-ring (bicyclic) bond motifs is 1. The second kappa shape index (κ2) is 7.92. The molecule has 6 heteroatoms. The van der Waals surface area contributed by atoms with Gasteiger partial charge in [0, 0.05) is 12.1 Å². The Labute approximate surface area is 161 Å². The molecule has 0 aliphatic heterocycles. The van der Waals surface area contributed by atoms with Gasteiger partial charge in [0.2, 0.25) is 0 Å². The van der Waals surface area contributed by atoms with E-state index in [1.165, 1.54) is 12.1 Å². The minimum absolute atomic E-state index is 0.141. The van der Waals surface area contributed by atoms with Crippen LogP contribution in [0.5, 0.6) is 0 Å². The highest BCUT2D eigenvalue weighted by Gasteiger charge is 2.07. The molecule has 0 unspecified atom stereocenters. The smallest absolute Gasteiger partial charge is 0.323 e. The minimum Gasteiger partial charge on any atom is -0.342 e. The quantitative estimate of drug-likeness (QED) is 0.453. The van der Waals surface area contributed by atoms with Crippen molar-refractivity contribution in [3.05, 3.63) is 90.0 Å². The number of carbonyl (C=O) groups excluding carboxylic acids is 1. The number of nitrogens with zero attached hydrogens (tertiary/aromatic N) is 1. The molecule has 0 atom stereocenters. The number of aromatic amines is 1. The molecule has 0 saturated carbocycles. The van der Waals surface area contributed by atoms with Crippen molar-refractivity contribution in [3.63, 3.8) is 0 Å². The molecule has 5 nitrogen and oxygen atoms in total. The van der Waals surface area contributed by atoms with Gasteiger partial charge in [0.1, 0.15) is 11.6 Å². The van der Waals surface area contributed by atoms with Crippen molar-refractivity contribution in [3.8, 4) is 0 Å². The number of hydrogen-bond donors (Lipinski definition) is 3. The van der Waals surface area contributed by atoms with E-state index < -0.39 is 11.8 Å². The molecule has 2 amide bonds. The fourth-order valence-corrected chi connectivity index (χ4v) is 2.99. The maximum atomic E-state index is 13.6. The van der Waals surface area contributed by atoms with Crippen molar-refractivity contribution < 1.29 is 9.18 Å². The standard InChI is InChI=1S/C22H19FN4O/c23-17-5-1-2-6-18(17)27-22(28)24-16-12-9-15(10-13-16)11-14-21-25-19-7-3-4-8-20(19)26-21/h1-10,12-13H,11,14H2,(H,25,26)(H2,24,27,28). The summed E-state index contributed by atoms with van der Waals surface area (Å²) in [5.41, 5.74) is 3.93. The molecule has 28 heavy (non-hydrogen) atoms. The summed E-state index contributed by atoms with van der Waals surface area (Å²) < 4.78 is 13.6. The number of aromatic nitrogens is 2. The van der Waals surface area contributed by atoms with Crippen LogP contribution in [0.15, 0.2) is 72.8 Å². The largest absolute Gasteiger partial charge is 0.342 e. The van der Waals surface area contributed by atoms with Gasteiger partial charge in [-0.25, -0.2) is 14.2 Å². The van der Waals surface area contributed by atoms with Gasteiger partial charge in [0.05, 0.1) is 16.7 Å². The first-order valence-corrected chi connectivity index (χ1v) is 9.02. The van der Waals surface area contributed by atoms with E-state index in [0.29, 0.717) is 5.69 Å². The first kappa shape index (κ1) is 17.7. The van der Waals surface area contributed by atoms with E-state index in [2.05, 4.69) is 20.6 Å². The number of rotatable bonds is 5. The van der Waals surface area contributed by atoms with Gasteiger partial charge in [-0.15, -0.1) is 0 Å². The summed E-state index contributed by atoms with van der Waals surface area (Å²) in [7, 11) is 0. The summed E-state index contributed by atoms with van der Waals surface area (Å²) in [5, 5.41) is 5.20. The molecule has 0 saturated heterocycles. The molecule has 1 aromatic heterocycles. The lowest BCUT2D eigenvalue weighted by Crippen LogP contribution is -2.20. The second-order valence-electron chi connectivity index (χ2n) is 6.46. The van der Waals surface area contributed by atoms with Crippen LogP contribution in [-0.2, 0) is 12.8 Å². The number of carbonyl (C=O) groups is 1. The lowest BCUT2D eigenvalue weighted by atomic mass is 10.1. The fourth-order valence-electron chi connectivity index (χ4n) is 2.99. The number of para-hydroxylation sites is 3. The molecule has 0 bridgehead atoms. The number of aryl methyl sites for hydroxylation is 2. The Kier molecular flexibility index (Phi) is 5.01. The van der Waals surface area contributed by atoms with Crippen molar-refractivity contribution in [2.24, 2.45) is 0 Å². The van der Waals surface area contributed by atoms with E-state index in [9.17, 15) is 9.18 Å². The van der Waals surface area contributed by atoms with Crippen LogP contribution in [0.1, 0.15) is 11.4 Å². The summed E-state index contributed by atoms with van der Waals surface area (Å²) in [4.78, 5) is 19.9. The van der Waals surface area contributed by atoms with Crippen LogP contribution in [-0.4, -0.2) is 16.0 Å². The van der Waals surface area contributed by atoms with Gasteiger partial charge >= 0.3 is 6.03 Å².